The fourth-order valence-corrected chi connectivity index (χ4v) is 2.48. The number of ether oxygens (including phenoxy) is 3. The van der Waals surface area contributed by atoms with Gasteiger partial charge in [0.1, 0.15) is 0 Å². The Morgan fingerprint density at radius 1 is 0.800 bits per heavy atom. The van der Waals surface area contributed by atoms with Gasteiger partial charge in [0.05, 0.1) is 26.8 Å². The Bertz CT molecular complexity index is 783. The summed E-state index contributed by atoms with van der Waals surface area (Å²) in [6.45, 7) is 0. The fraction of sp³-hybridized carbons (Fsp3) is 0.188. The molecule has 0 aliphatic rings. The summed E-state index contributed by atoms with van der Waals surface area (Å²) in [6.07, 6.45) is 1.80. The van der Waals surface area contributed by atoms with Crippen molar-refractivity contribution in [3.8, 4) is 17.2 Å². The number of nitrogens with zero attached hydrogens (tertiary/aromatic N) is 1. The molecule has 0 radical (unpaired) electrons. The lowest BCUT2D eigenvalue weighted by Gasteiger charge is -2.15. The van der Waals surface area contributed by atoms with Crippen molar-refractivity contribution in [3.63, 3.8) is 0 Å². The molecule has 0 fully saturated rings. The van der Waals surface area contributed by atoms with E-state index in [1.165, 1.54) is 0 Å². The van der Waals surface area contributed by atoms with Crippen LogP contribution in [0, 0.1) is 0 Å². The van der Waals surface area contributed by atoms with Crippen LogP contribution in [-0.2, 0) is 0 Å². The number of benzene rings is 2. The maximum Gasteiger partial charge on any atom is 0.204 e. The standard InChI is InChI=1S/C16H15NO3/c1-18-14-8-11-10-6-4-5-7-13(10)17-9-12(11)15(19-2)16(14)20-3/h4-9H,1-3H3. The van der Waals surface area contributed by atoms with Crippen molar-refractivity contribution in [2.45, 2.75) is 0 Å². The first-order valence-corrected chi connectivity index (χ1v) is 6.26. The summed E-state index contributed by atoms with van der Waals surface area (Å²) in [6, 6.07) is 9.94. The average molecular weight is 269 g/mol. The number of para-hydroxylation sites is 1. The average Bonchev–Trinajstić information content (AvgIpc) is 2.52. The molecule has 20 heavy (non-hydrogen) atoms. The second-order valence-electron chi connectivity index (χ2n) is 4.38. The first kappa shape index (κ1) is 12.5. The third-order valence-electron chi connectivity index (χ3n) is 3.40. The molecule has 0 amide bonds. The van der Waals surface area contributed by atoms with Crippen LogP contribution >= 0.6 is 0 Å². The van der Waals surface area contributed by atoms with Gasteiger partial charge in [0.15, 0.2) is 11.5 Å². The SMILES string of the molecule is COc1cc2c(cnc3ccccc32)c(OC)c1OC. The van der Waals surface area contributed by atoms with Gasteiger partial charge in [0.25, 0.3) is 0 Å². The number of hydrogen-bond donors (Lipinski definition) is 0. The van der Waals surface area contributed by atoms with Gasteiger partial charge in [-0.25, -0.2) is 0 Å². The van der Waals surface area contributed by atoms with Gasteiger partial charge >= 0.3 is 0 Å². The third-order valence-corrected chi connectivity index (χ3v) is 3.40. The Morgan fingerprint density at radius 3 is 2.25 bits per heavy atom. The molecule has 0 saturated heterocycles. The molecule has 0 N–H and O–H groups in total. The lowest BCUT2D eigenvalue weighted by Crippen LogP contribution is -1.96. The van der Waals surface area contributed by atoms with E-state index in [1.54, 1.807) is 27.5 Å². The highest BCUT2D eigenvalue weighted by atomic mass is 16.5. The van der Waals surface area contributed by atoms with Gasteiger partial charge in [-0.15, -0.1) is 0 Å². The minimum Gasteiger partial charge on any atom is -0.493 e. The zero-order valence-corrected chi connectivity index (χ0v) is 11.6. The second-order valence-corrected chi connectivity index (χ2v) is 4.38. The zero-order valence-electron chi connectivity index (χ0n) is 11.6. The first-order valence-electron chi connectivity index (χ1n) is 6.26. The number of aromatic nitrogens is 1. The molecular weight excluding hydrogens is 254 g/mol. The maximum atomic E-state index is 5.50. The molecule has 0 atom stereocenters. The molecule has 0 aliphatic carbocycles. The van der Waals surface area contributed by atoms with Crippen molar-refractivity contribution in [3.05, 3.63) is 36.5 Å². The highest BCUT2D eigenvalue weighted by Crippen LogP contribution is 2.44. The molecule has 3 rings (SSSR count). The Balaban J connectivity index is 2.50. The van der Waals surface area contributed by atoms with Crippen LogP contribution in [0.15, 0.2) is 36.5 Å². The summed E-state index contributed by atoms with van der Waals surface area (Å²) >= 11 is 0. The van der Waals surface area contributed by atoms with Gasteiger partial charge in [0.2, 0.25) is 5.75 Å². The number of rotatable bonds is 3. The van der Waals surface area contributed by atoms with Crippen LogP contribution in [0.5, 0.6) is 17.2 Å². The van der Waals surface area contributed by atoms with Gasteiger partial charge in [-0.05, 0) is 12.1 Å². The van der Waals surface area contributed by atoms with E-state index >= 15 is 0 Å². The number of pyridine rings is 1. The van der Waals surface area contributed by atoms with Gasteiger partial charge in [-0.3, -0.25) is 4.98 Å². The molecule has 4 nitrogen and oxygen atoms in total. The summed E-state index contributed by atoms with van der Waals surface area (Å²) in [5.41, 5.74) is 0.939. The molecule has 0 aliphatic heterocycles. The van der Waals surface area contributed by atoms with E-state index in [1.807, 2.05) is 30.3 Å². The number of fused-ring (bicyclic) bond motifs is 3. The lowest BCUT2D eigenvalue weighted by molar-refractivity contribution is 0.327. The minimum atomic E-state index is 0.583. The number of methoxy groups -OCH3 is 3. The Kier molecular flexibility index (Phi) is 3.06. The van der Waals surface area contributed by atoms with Crippen molar-refractivity contribution in [1.82, 2.24) is 4.98 Å². The molecule has 3 aromatic rings. The minimum absolute atomic E-state index is 0.583. The van der Waals surface area contributed by atoms with Crippen molar-refractivity contribution in [1.29, 1.82) is 0 Å². The van der Waals surface area contributed by atoms with Crippen LogP contribution in [0.2, 0.25) is 0 Å². The van der Waals surface area contributed by atoms with E-state index in [0.29, 0.717) is 17.2 Å². The maximum absolute atomic E-state index is 5.50. The van der Waals surface area contributed by atoms with Crippen LogP contribution in [-0.4, -0.2) is 26.3 Å². The van der Waals surface area contributed by atoms with Gasteiger partial charge in [0, 0.05) is 22.4 Å². The smallest absolute Gasteiger partial charge is 0.204 e. The normalized spacial score (nSPS) is 10.8. The second kappa shape index (κ2) is 4.89. The van der Waals surface area contributed by atoms with Crippen LogP contribution in [0.4, 0.5) is 0 Å². The number of hydrogen-bond acceptors (Lipinski definition) is 4. The lowest BCUT2D eigenvalue weighted by atomic mass is 10.0. The molecule has 1 heterocycles. The molecule has 0 saturated carbocycles. The summed E-state index contributed by atoms with van der Waals surface area (Å²) in [4.78, 5) is 4.47. The van der Waals surface area contributed by atoms with E-state index < -0.39 is 0 Å². The van der Waals surface area contributed by atoms with Crippen LogP contribution in [0.1, 0.15) is 0 Å². The van der Waals surface area contributed by atoms with Gasteiger partial charge < -0.3 is 14.2 Å². The summed E-state index contributed by atoms with van der Waals surface area (Å²) in [5, 5.41) is 3.00. The molecule has 0 bridgehead atoms. The zero-order chi connectivity index (χ0) is 14.1. The molecular formula is C16H15NO3. The van der Waals surface area contributed by atoms with Crippen molar-refractivity contribution in [2.24, 2.45) is 0 Å². The van der Waals surface area contributed by atoms with Crippen molar-refractivity contribution < 1.29 is 14.2 Å². The van der Waals surface area contributed by atoms with Crippen LogP contribution < -0.4 is 14.2 Å². The van der Waals surface area contributed by atoms with E-state index in [2.05, 4.69) is 4.98 Å². The molecule has 1 aromatic heterocycles. The largest absolute Gasteiger partial charge is 0.493 e. The van der Waals surface area contributed by atoms with Crippen molar-refractivity contribution >= 4 is 21.7 Å². The highest BCUT2D eigenvalue weighted by molar-refractivity contribution is 6.09. The third kappa shape index (κ3) is 1.72. The van der Waals surface area contributed by atoms with E-state index in [-0.39, 0.29) is 0 Å². The monoisotopic (exact) mass is 269 g/mol. The summed E-state index contributed by atoms with van der Waals surface area (Å²) in [7, 11) is 4.83. The topological polar surface area (TPSA) is 40.6 Å². The van der Waals surface area contributed by atoms with E-state index in [9.17, 15) is 0 Å². The summed E-state index contributed by atoms with van der Waals surface area (Å²) in [5.74, 6) is 1.87. The van der Waals surface area contributed by atoms with Crippen LogP contribution in [0.25, 0.3) is 21.7 Å². The molecule has 0 unspecified atom stereocenters. The van der Waals surface area contributed by atoms with E-state index in [4.69, 9.17) is 14.2 Å². The van der Waals surface area contributed by atoms with Crippen LogP contribution in [0.3, 0.4) is 0 Å². The predicted molar refractivity (Wildman–Crippen MR) is 78.9 cm³/mol. The highest BCUT2D eigenvalue weighted by Gasteiger charge is 2.17. The predicted octanol–water partition coefficient (Wildman–Crippen LogP) is 3.41. The van der Waals surface area contributed by atoms with E-state index in [0.717, 1.165) is 21.7 Å². The van der Waals surface area contributed by atoms with Crippen molar-refractivity contribution in [2.75, 3.05) is 21.3 Å². The molecule has 2 aromatic carbocycles. The fourth-order valence-electron chi connectivity index (χ4n) is 2.48. The molecule has 4 heteroatoms. The summed E-state index contributed by atoms with van der Waals surface area (Å²) < 4.78 is 16.3. The Morgan fingerprint density at radius 2 is 1.55 bits per heavy atom. The van der Waals surface area contributed by atoms with Gasteiger partial charge in [-0.1, -0.05) is 18.2 Å². The first-order chi connectivity index (χ1) is 9.80. The van der Waals surface area contributed by atoms with Gasteiger partial charge in [-0.2, -0.15) is 0 Å². The Hall–Kier alpha value is -2.49. The Labute approximate surface area is 116 Å². The molecule has 102 valence electrons. The molecule has 0 spiro atoms. The quantitative estimate of drug-likeness (QED) is 0.683.